The van der Waals surface area contributed by atoms with Crippen molar-refractivity contribution in [2.45, 2.75) is 31.6 Å². The first-order valence-corrected chi connectivity index (χ1v) is 11.5. The minimum atomic E-state index is -4.83. The Morgan fingerprint density at radius 2 is 1.85 bits per heavy atom. The molecular formula is C25H22F5N5O4. The van der Waals surface area contributed by atoms with Crippen LogP contribution in [0.15, 0.2) is 48.8 Å². The number of carbonyl (C=O) groups is 2. The number of anilines is 2. The number of hydrogen-bond donors (Lipinski definition) is 3. The van der Waals surface area contributed by atoms with E-state index in [1.54, 1.807) is 6.92 Å². The van der Waals surface area contributed by atoms with Crippen LogP contribution in [-0.4, -0.2) is 40.7 Å². The summed E-state index contributed by atoms with van der Waals surface area (Å²) in [5, 5.41) is 7.27. The van der Waals surface area contributed by atoms with Crippen LogP contribution in [0.3, 0.4) is 0 Å². The third-order valence-electron chi connectivity index (χ3n) is 5.85. The van der Waals surface area contributed by atoms with Crippen LogP contribution >= 0.6 is 0 Å². The van der Waals surface area contributed by atoms with Crippen molar-refractivity contribution in [3.05, 3.63) is 77.4 Å². The van der Waals surface area contributed by atoms with Crippen LogP contribution in [-0.2, 0) is 22.3 Å². The summed E-state index contributed by atoms with van der Waals surface area (Å²) in [5.74, 6) is -2.17. The second-order valence-electron chi connectivity index (χ2n) is 8.64. The predicted octanol–water partition coefficient (Wildman–Crippen LogP) is 4.39. The maximum Gasteiger partial charge on any atom is 0.418 e. The maximum atomic E-state index is 14.8. The summed E-state index contributed by atoms with van der Waals surface area (Å²) in [6.07, 6.45) is -3.08. The molecule has 1 atom stereocenters. The highest BCUT2D eigenvalue weighted by molar-refractivity contribution is 5.90. The molecule has 0 bridgehead atoms. The minimum Gasteiger partial charge on any atom is -0.407 e. The van der Waals surface area contributed by atoms with Gasteiger partial charge in [-0.1, -0.05) is 12.1 Å². The molecule has 1 saturated heterocycles. The number of halogens is 5. The molecular weight excluding hydrogens is 529 g/mol. The van der Waals surface area contributed by atoms with E-state index >= 15 is 0 Å². The molecule has 0 spiro atoms. The third kappa shape index (κ3) is 6.57. The molecule has 1 aliphatic heterocycles. The van der Waals surface area contributed by atoms with Gasteiger partial charge in [-0.2, -0.15) is 13.2 Å². The fraction of sp³-hybridized carbons (Fsp3) is 0.280. The molecule has 1 aliphatic rings. The summed E-state index contributed by atoms with van der Waals surface area (Å²) in [6, 6.07) is 5.81. The van der Waals surface area contributed by atoms with Crippen molar-refractivity contribution in [2.24, 2.45) is 0 Å². The number of amides is 2. The Morgan fingerprint density at radius 1 is 1.10 bits per heavy atom. The van der Waals surface area contributed by atoms with Gasteiger partial charge in [-0.05, 0) is 31.2 Å². The van der Waals surface area contributed by atoms with Crippen molar-refractivity contribution in [1.82, 2.24) is 20.6 Å². The van der Waals surface area contributed by atoms with Crippen LogP contribution < -0.4 is 20.7 Å². The van der Waals surface area contributed by atoms with Crippen molar-refractivity contribution >= 4 is 23.4 Å². The molecule has 3 N–H and O–H groups in total. The highest BCUT2D eigenvalue weighted by Gasteiger charge is 2.44. The number of alkyl halides is 3. The molecule has 14 heteroatoms. The number of nitrogens with zero attached hydrogens (tertiary/aromatic N) is 2. The summed E-state index contributed by atoms with van der Waals surface area (Å²) in [5.41, 5.74) is -3.72. The van der Waals surface area contributed by atoms with Crippen LogP contribution in [0.5, 0.6) is 5.75 Å². The molecule has 2 amide bonds. The summed E-state index contributed by atoms with van der Waals surface area (Å²) < 4.78 is 79.0. The molecule has 1 fully saturated rings. The summed E-state index contributed by atoms with van der Waals surface area (Å²) >= 11 is 0. The van der Waals surface area contributed by atoms with Gasteiger partial charge in [0.2, 0.25) is 5.91 Å². The zero-order valence-corrected chi connectivity index (χ0v) is 20.4. The van der Waals surface area contributed by atoms with Crippen molar-refractivity contribution in [3.8, 4) is 5.75 Å². The average Bonchev–Trinajstić information content (AvgIpc) is 3.35. The highest BCUT2D eigenvalue weighted by atomic mass is 19.4. The predicted molar refractivity (Wildman–Crippen MR) is 127 cm³/mol. The van der Waals surface area contributed by atoms with E-state index in [1.807, 2.05) is 0 Å². The number of aryl methyl sites for hydroxylation is 1. The standard InChI is InChI=1S/C25H22F5N5O4/c1-14-31-11-17(12-32-14)39-23(37)35-24(7-8-38-13-24)22(36)33-10-15-5-6-16(9-20(15)27)34-21-18(25(28,29)30)3-2-4-19(21)26/h2-6,9,11-12,34H,7-8,10,13H2,1H3,(H,33,36)(H,35,37)/t24-/m0/s1. The molecule has 2 aromatic carbocycles. The number of carbonyl (C=O) groups excluding carboxylic acids is 2. The molecule has 39 heavy (non-hydrogen) atoms. The Bertz CT molecular complexity index is 1360. The average molecular weight is 551 g/mol. The van der Waals surface area contributed by atoms with Gasteiger partial charge in [0.1, 0.15) is 23.0 Å². The van der Waals surface area contributed by atoms with E-state index in [2.05, 4.69) is 25.9 Å². The smallest absolute Gasteiger partial charge is 0.407 e. The van der Waals surface area contributed by atoms with Crippen molar-refractivity contribution in [2.75, 3.05) is 18.5 Å². The Balaban J connectivity index is 1.41. The van der Waals surface area contributed by atoms with Crippen LogP contribution in [0.4, 0.5) is 38.1 Å². The molecule has 4 rings (SSSR count). The Hall–Kier alpha value is -4.33. The maximum absolute atomic E-state index is 14.8. The number of para-hydroxylation sites is 1. The van der Waals surface area contributed by atoms with E-state index in [0.29, 0.717) is 11.9 Å². The normalized spacial score (nSPS) is 17.0. The van der Waals surface area contributed by atoms with Gasteiger partial charge in [0, 0.05) is 30.8 Å². The van der Waals surface area contributed by atoms with Gasteiger partial charge in [-0.15, -0.1) is 0 Å². The van der Waals surface area contributed by atoms with Gasteiger partial charge in [0.15, 0.2) is 5.75 Å². The number of aromatic nitrogens is 2. The Morgan fingerprint density at radius 3 is 2.49 bits per heavy atom. The zero-order valence-electron chi connectivity index (χ0n) is 20.4. The van der Waals surface area contributed by atoms with Crippen LogP contribution in [0.2, 0.25) is 0 Å². The van der Waals surface area contributed by atoms with Gasteiger partial charge in [0.25, 0.3) is 0 Å². The Kier molecular flexibility index (Phi) is 7.95. The number of hydrogen-bond acceptors (Lipinski definition) is 7. The van der Waals surface area contributed by atoms with E-state index in [4.69, 9.17) is 9.47 Å². The number of rotatable bonds is 7. The van der Waals surface area contributed by atoms with E-state index in [1.165, 1.54) is 24.5 Å². The fourth-order valence-corrected chi connectivity index (χ4v) is 3.81. The first-order valence-electron chi connectivity index (χ1n) is 11.5. The van der Waals surface area contributed by atoms with Gasteiger partial charge < -0.3 is 25.4 Å². The topological polar surface area (TPSA) is 114 Å². The van der Waals surface area contributed by atoms with E-state index in [-0.39, 0.29) is 43.2 Å². The first kappa shape index (κ1) is 27.7. The van der Waals surface area contributed by atoms with E-state index in [0.717, 1.165) is 18.2 Å². The van der Waals surface area contributed by atoms with Gasteiger partial charge in [0.05, 0.1) is 30.3 Å². The SMILES string of the molecule is Cc1ncc(OC(=O)N[C@@]2(C(=O)NCc3ccc(Nc4c(F)cccc4C(F)(F)F)cc3F)CCOC2)cn1. The summed E-state index contributed by atoms with van der Waals surface area (Å²) in [4.78, 5) is 33.2. The summed E-state index contributed by atoms with van der Waals surface area (Å²) in [7, 11) is 0. The lowest BCUT2D eigenvalue weighted by molar-refractivity contribution is -0.137. The Labute approximate surface area is 218 Å². The molecule has 3 aromatic rings. The molecule has 0 saturated carbocycles. The van der Waals surface area contributed by atoms with Crippen molar-refractivity contribution < 1.29 is 41.0 Å². The number of ether oxygens (including phenoxy) is 2. The fourth-order valence-electron chi connectivity index (χ4n) is 3.81. The lowest BCUT2D eigenvalue weighted by Gasteiger charge is -2.27. The highest BCUT2D eigenvalue weighted by Crippen LogP contribution is 2.37. The van der Waals surface area contributed by atoms with Gasteiger partial charge >= 0.3 is 12.3 Å². The van der Waals surface area contributed by atoms with Crippen LogP contribution in [0, 0.1) is 18.6 Å². The van der Waals surface area contributed by atoms with Gasteiger partial charge in [-0.25, -0.2) is 23.5 Å². The number of benzene rings is 2. The van der Waals surface area contributed by atoms with Gasteiger partial charge in [-0.3, -0.25) is 4.79 Å². The third-order valence-corrected chi connectivity index (χ3v) is 5.85. The molecule has 2 heterocycles. The monoisotopic (exact) mass is 551 g/mol. The van der Waals surface area contributed by atoms with Crippen molar-refractivity contribution in [3.63, 3.8) is 0 Å². The largest absolute Gasteiger partial charge is 0.418 e. The quantitative estimate of drug-likeness (QED) is 0.373. The van der Waals surface area contributed by atoms with E-state index < -0.39 is 46.6 Å². The van der Waals surface area contributed by atoms with Crippen LogP contribution in [0.25, 0.3) is 0 Å². The minimum absolute atomic E-state index is 0.00748. The molecule has 9 nitrogen and oxygen atoms in total. The molecule has 1 aromatic heterocycles. The lowest BCUT2D eigenvalue weighted by Crippen LogP contribution is -2.59. The number of nitrogens with one attached hydrogen (secondary N) is 3. The second-order valence-corrected chi connectivity index (χ2v) is 8.64. The lowest BCUT2D eigenvalue weighted by atomic mass is 9.97. The molecule has 0 aliphatic carbocycles. The zero-order chi connectivity index (χ0) is 28.2. The second kappa shape index (κ2) is 11.2. The molecule has 0 unspecified atom stereocenters. The molecule has 206 valence electrons. The van der Waals surface area contributed by atoms with Crippen molar-refractivity contribution in [1.29, 1.82) is 0 Å². The van der Waals surface area contributed by atoms with Crippen LogP contribution in [0.1, 0.15) is 23.4 Å². The molecule has 0 radical (unpaired) electrons. The first-order chi connectivity index (χ1) is 18.5. The van der Waals surface area contributed by atoms with E-state index in [9.17, 15) is 31.5 Å². The summed E-state index contributed by atoms with van der Waals surface area (Å²) in [6.45, 7) is 1.35.